The van der Waals surface area contributed by atoms with Crippen molar-refractivity contribution in [3.63, 3.8) is 0 Å². The quantitative estimate of drug-likeness (QED) is 0.489. The molecule has 3 N–H and O–H groups in total. The fourth-order valence-corrected chi connectivity index (χ4v) is 6.66. The average Bonchev–Trinajstić information content (AvgIpc) is 2.81. The molecule has 0 spiro atoms. The van der Waals surface area contributed by atoms with E-state index in [-0.39, 0.29) is 23.3 Å². The summed E-state index contributed by atoms with van der Waals surface area (Å²) in [7, 11) is -0.175. The number of nitrogens with one attached hydrogen (secondary N) is 3. The van der Waals surface area contributed by atoms with Crippen molar-refractivity contribution in [1.82, 2.24) is 14.9 Å². The summed E-state index contributed by atoms with van der Waals surface area (Å²) in [6, 6.07) is 12.0. The maximum absolute atomic E-state index is 13.6. The van der Waals surface area contributed by atoms with Crippen LogP contribution in [-0.4, -0.2) is 52.4 Å². The van der Waals surface area contributed by atoms with Gasteiger partial charge >= 0.3 is 0 Å². The minimum atomic E-state index is -3.64. The van der Waals surface area contributed by atoms with Crippen LogP contribution in [-0.2, 0) is 20.2 Å². The summed E-state index contributed by atoms with van der Waals surface area (Å²) in [6.45, 7) is 11.5. The standard InChI is InChI=1S/C28H42N4O3S/c1-19-9-8-10-25(31-20(2)33)27(19)22-12-14-24(30-18-22)21-11-13-23(28(3,4)5)26(17-21)36(34,35)32(7)16-15-29-6/h8-11,13,17,22,24,29-30H,12,14-16,18H2,1-7H3,(H,31,33). The summed E-state index contributed by atoms with van der Waals surface area (Å²) in [5.74, 6) is 0.199. The highest BCUT2D eigenvalue weighted by atomic mass is 32.2. The lowest BCUT2D eigenvalue weighted by atomic mass is 9.82. The molecule has 1 aliphatic heterocycles. The highest BCUT2D eigenvalue weighted by molar-refractivity contribution is 7.89. The average molecular weight is 515 g/mol. The van der Waals surface area contributed by atoms with Gasteiger partial charge in [-0.25, -0.2) is 8.42 Å². The number of benzene rings is 2. The lowest BCUT2D eigenvalue weighted by Gasteiger charge is -2.33. The summed E-state index contributed by atoms with van der Waals surface area (Å²) >= 11 is 0. The van der Waals surface area contributed by atoms with E-state index in [0.717, 1.165) is 36.2 Å². The molecule has 0 aliphatic carbocycles. The molecule has 1 saturated heterocycles. The third-order valence-electron chi connectivity index (χ3n) is 7.04. The molecular weight excluding hydrogens is 472 g/mol. The summed E-state index contributed by atoms with van der Waals surface area (Å²) in [6.07, 6.45) is 1.82. The number of hydrogen-bond acceptors (Lipinski definition) is 5. The van der Waals surface area contributed by atoms with Crippen LogP contribution in [0, 0.1) is 6.92 Å². The van der Waals surface area contributed by atoms with Crippen LogP contribution in [0.15, 0.2) is 41.3 Å². The lowest BCUT2D eigenvalue weighted by Crippen LogP contribution is -2.35. The van der Waals surface area contributed by atoms with Crippen LogP contribution in [0.3, 0.4) is 0 Å². The van der Waals surface area contributed by atoms with E-state index in [1.165, 1.54) is 22.4 Å². The molecule has 36 heavy (non-hydrogen) atoms. The molecular formula is C28H42N4O3S. The Bertz CT molecular complexity index is 1180. The summed E-state index contributed by atoms with van der Waals surface area (Å²) in [5.41, 5.74) is 4.74. The predicted molar refractivity (Wildman–Crippen MR) is 147 cm³/mol. The molecule has 198 valence electrons. The van der Waals surface area contributed by atoms with Crippen molar-refractivity contribution in [2.75, 3.05) is 39.0 Å². The van der Waals surface area contributed by atoms with E-state index in [9.17, 15) is 13.2 Å². The van der Waals surface area contributed by atoms with E-state index >= 15 is 0 Å². The second-order valence-electron chi connectivity index (χ2n) is 10.9. The number of amides is 1. The molecule has 0 saturated carbocycles. The number of anilines is 1. The van der Waals surface area contributed by atoms with Crippen molar-refractivity contribution in [2.45, 2.75) is 69.7 Å². The van der Waals surface area contributed by atoms with Crippen LogP contribution in [0.1, 0.15) is 74.8 Å². The van der Waals surface area contributed by atoms with Gasteiger partial charge in [0.2, 0.25) is 15.9 Å². The monoisotopic (exact) mass is 514 g/mol. The zero-order valence-electron chi connectivity index (χ0n) is 22.7. The normalized spacial score (nSPS) is 18.9. The van der Waals surface area contributed by atoms with Gasteiger partial charge in [-0.2, -0.15) is 4.31 Å². The SMILES string of the molecule is CNCCN(C)S(=O)(=O)c1cc(C2CCC(c3c(C)cccc3NC(C)=O)CN2)ccc1C(C)(C)C. The van der Waals surface area contributed by atoms with E-state index in [4.69, 9.17) is 0 Å². The van der Waals surface area contributed by atoms with Gasteiger partial charge in [-0.05, 0) is 72.5 Å². The fourth-order valence-electron chi connectivity index (χ4n) is 5.05. The Morgan fingerprint density at radius 1 is 1.17 bits per heavy atom. The highest BCUT2D eigenvalue weighted by Gasteiger charge is 2.31. The van der Waals surface area contributed by atoms with Gasteiger partial charge in [-0.1, -0.05) is 45.0 Å². The van der Waals surface area contributed by atoms with Gasteiger partial charge in [0.1, 0.15) is 0 Å². The number of rotatable bonds is 8. The van der Waals surface area contributed by atoms with Gasteiger partial charge in [0.25, 0.3) is 0 Å². The van der Waals surface area contributed by atoms with Gasteiger partial charge in [0.15, 0.2) is 0 Å². The number of carbonyl (C=O) groups excluding carboxylic acids is 1. The van der Waals surface area contributed by atoms with Crippen molar-refractivity contribution >= 4 is 21.6 Å². The van der Waals surface area contributed by atoms with Gasteiger partial charge < -0.3 is 16.0 Å². The number of hydrogen-bond donors (Lipinski definition) is 3. The van der Waals surface area contributed by atoms with Crippen LogP contribution >= 0.6 is 0 Å². The lowest BCUT2D eigenvalue weighted by molar-refractivity contribution is -0.114. The summed E-state index contributed by atoms with van der Waals surface area (Å²) in [5, 5.41) is 9.67. The molecule has 0 radical (unpaired) electrons. The number of carbonyl (C=O) groups is 1. The first-order valence-electron chi connectivity index (χ1n) is 12.7. The van der Waals surface area contributed by atoms with Gasteiger partial charge in [0, 0.05) is 45.3 Å². The zero-order valence-corrected chi connectivity index (χ0v) is 23.6. The molecule has 2 aromatic carbocycles. The number of nitrogens with zero attached hydrogens (tertiary/aromatic N) is 1. The highest BCUT2D eigenvalue weighted by Crippen LogP contribution is 2.38. The fraction of sp³-hybridized carbons (Fsp3) is 0.536. The maximum Gasteiger partial charge on any atom is 0.243 e. The van der Waals surface area contributed by atoms with Crippen LogP contribution in [0.2, 0.25) is 0 Å². The second kappa shape index (κ2) is 11.4. The number of likely N-dealkylation sites (N-methyl/N-ethyl adjacent to an activating group) is 2. The molecule has 8 heteroatoms. The minimum absolute atomic E-state index is 0.0695. The van der Waals surface area contributed by atoms with Crippen LogP contribution in [0.25, 0.3) is 0 Å². The van der Waals surface area contributed by atoms with E-state index in [2.05, 4.69) is 35.0 Å². The van der Waals surface area contributed by atoms with Crippen molar-refractivity contribution in [3.05, 3.63) is 58.7 Å². The summed E-state index contributed by atoms with van der Waals surface area (Å²) < 4.78 is 28.6. The number of aryl methyl sites for hydroxylation is 1. The molecule has 1 heterocycles. The Morgan fingerprint density at radius 3 is 2.47 bits per heavy atom. The number of piperidine rings is 1. The van der Waals surface area contributed by atoms with Crippen LogP contribution < -0.4 is 16.0 Å². The van der Waals surface area contributed by atoms with Crippen molar-refractivity contribution < 1.29 is 13.2 Å². The molecule has 1 amide bonds. The van der Waals surface area contributed by atoms with Gasteiger partial charge in [-0.15, -0.1) is 0 Å². The molecule has 0 aromatic heterocycles. The third kappa shape index (κ3) is 6.35. The van der Waals surface area contributed by atoms with Gasteiger partial charge in [0.05, 0.1) is 4.90 Å². The first-order chi connectivity index (χ1) is 16.9. The number of sulfonamides is 1. The second-order valence-corrected chi connectivity index (χ2v) is 12.9. The largest absolute Gasteiger partial charge is 0.326 e. The first kappa shape index (κ1) is 28.3. The Labute approximate surface area is 217 Å². The third-order valence-corrected chi connectivity index (χ3v) is 8.94. The van der Waals surface area contributed by atoms with Crippen LogP contribution in [0.4, 0.5) is 5.69 Å². The topological polar surface area (TPSA) is 90.5 Å². The molecule has 1 aliphatic rings. The summed E-state index contributed by atoms with van der Waals surface area (Å²) in [4.78, 5) is 12.1. The Balaban J connectivity index is 1.88. The zero-order chi connectivity index (χ0) is 26.7. The van der Waals surface area contributed by atoms with Crippen molar-refractivity contribution in [2.24, 2.45) is 0 Å². The van der Waals surface area contributed by atoms with Crippen molar-refractivity contribution in [1.29, 1.82) is 0 Å². The molecule has 2 unspecified atom stereocenters. The van der Waals surface area contributed by atoms with Crippen LogP contribution in [0.5, 0.6) is 0 Å². The first-order valence-corrected chi connectivity index (χ1v) is 14.2. The molecule has 2 atom stereocenters. The van der Waals surface area contributed by atoms with E-state index in [1.54, 1.807) is 7.05 Å². The van der Waals surface area contributed by atoms with E-state index < -0.39 is 10.0 Å². The Morgan fingerprint density at radius 2 is 1.89 bits per heavy atom. The van der Waals surface area contributed by atoms with E-state index in [0.29, 0.717) is 18.0 Å². The van der Waals surface area contributed by atoms with E-state index in [1.807, 2.05) is 52.1 Å². The molecule has 7 nitrogen and oxygen atoms in total. The molecule has 3 rings (SSSR count). The molecule has 1 fully saturated rings. The minimum Gasteiger partial charge on any atom is -0.326 e. The van der Waals surface area contributed by atoms with Crippen molar-refractivity contribution in [3.8, 4) is 0 Å². The van der Waals surface area contributed by atoms with Gasteiger partial charge in [-0.3, -0.25) is 4.79 Å². The molecule has 0 bridgehead atoms. The Kier molecular flexibility index (Phi) is 8.98. The Hall–Kier alpha value is -2.26. The smallest absolute Gasteiger partial charge is 0.243 e. The predicted octanol–water partition coefficient (Wildman–Crippen LogP) is 4.30. The maximum atomic E-state index is 13.6. The molecule has 2 aromatic rings.